The summed E-state index contributed by atoms with van der Waals surface area (Å²) in [7, 11) is 0. The number of amides is 1. The molecule has 0 unspecified atom stereocenters. The van der Waals surface area contributed by atoms with Crippen LogP contribution >= 0.6 is 0 Å². The molecule has 1 saturated heterocycles. The highest BCUT2D eigenvalue weighted by Crippen LogP contribution is 2.47. The van der Waals surface area contributed by atoms with Crippen molar-refractivity contribution in [1.82, 2.24) is 4.90 Å². The van der Waals surface area contributed by atoms with Crippen LogP contribution in [0.15, 0.2) is 29.4 Å². The summed E-state index contributed by atoms with van der Waals surface area (Å²) >= 11 is 0. The number of oxime groups is 1. The molecule has 1 aromatic carbocycles. The van der Waals surface area contributed by atoms with Crippen molar-refractivity contribution >= 4 is 17.8 Å². The third kappa shape index (κ3) is 5.31. The molecule has 0 aromatic heterocycles. The third-order valence-corrected chi connectivity index (χ3v) is 5.34. The van der Waals surface area contributed by atoms with Crippen LogP contribution in [-0.2, 0) is 15.8 Å². The Bertz CT molecular complexity index is 823. The quantitative estimate of drug-likeness (QED) is 0.491. The molecular formula is C21H25F3N2O4. The molecule has 6 nitrogen and oxygen atoms in total. The molecule has 0 bridgehead atoms. The smallest absolute Gasteiger partial charge is 0.416 e. The van der Waals surface area contributed by atoms with Crippen molar-refractivity contribution in [1.29, 1.82) is 0 Å². The van der Waals surface area contributed by atoms with E-state index in [-0.39, 0.29) is 17.1 Å². The summed E-state index contributed by atoms with van der Waals surface area (Å²) in [5.41, 5.74) is -0.561. The predicted molar refractivity (Wildman–Crippen MR) is 103 cm³/mol. The Morgan fingerprint density at radius 3 is 2.10 bits per heavy atom. The standard InChI is InChI=1S/C21H25F3N2O4/c1-19(2,3)29-18(28)26-10-8-20(9-11-26)12-16(13-20)25-30-17(27)14-4-6-15(7-5-14)21(22,23)24/h4-7H,8-13H2,1-3H3. The highest BCUT2D eigenvalue weighted by molar-refractivity contribution is 5.93. The number of hydrogen-bond acceptors (Lipinski definition) is 5. The van der Waals surface area contributed by atoms with Crippen LogP contribution in [0.1, 0.15) is 62.4 Å². The maximum Gasteiger partial charge on any atom is 0.416 e. The number of benzene rings is 1. The second-order valence-electron chi connectivity index (χ2n) is 8.93. The van der Waals surface area contributed by atoms with Gasteiger partial charge >= 0.3 is 18.2 Å². The van der Waals surface area contributed by atoms with E-state index >= 15 is 0 Å². The molecule has 0 N–H and O–H groups in total. The molecular weight excluding hydrogens is 401 g/mol. The predicted octanol–water partition coefficient (Wildman–Crippen LogP) is 5.03. The number of carbonyl (C=O) groups is 2. The maximum absolute atomic E-state index is 12.6. The van der Waals surface area contributed by atoms with Gasteiger partial charge in [0.15, 0.2) is 0 Å². The Hall–Kier alpha value is -2.58. The Balaban J connectivity index is 1.46. The van der Waals surface area contributed by atoms with Gasteiger partial charge < -0.3 is 14.5 Å². The minimum absolute atomic E-state index is 0.00653. The number of hydrogen-bond donors (Lipinski definition) is 0. The summed E-state index contributed by atoms with van der Waals surface area (Å²) in [6, 6.07) is 3.81. The van der Waals surface area contributed by atoms with Gasteiger partial charge in [-0.3, -0.25) is 0 Å². The Kier molecular flexibility index (Phi) is 5.84. The largest absolute Gasteiger partial charge is 0.444 e. The van der Waals surface area contributed by atoms with E-state index in [2.05, 4.69) is 5.16 Å². The molecule has 164 valence electrons. The summed E-state index contributed by atoms with van der Waals surface area (Å²) in [5, 5.41) is 3.87. The number of rotatable bonds is 2. The van der Waals surface area contributed by atoms with E-state index in [0.717, 1.165) is 42.8 Å². The summed E-state index contributed by atoms with van der Waals surface area (Å²) < 4.78 is 43.1. The van der Waals surface area contributed by atoms with Crippen LogP contribution in [-0.4, -0.2) is 41.4 Å². The first-order valence-corrected chi connectivity index (χ1v) is 9.79. The fourth-order valence-electron chi connectivity index (χ4n) is 3.68. The van der Waals surface area contributed by atoms with Crippen LogP contribution < -0.4 is 0 Å². The highest BCUT2D eigenvalue weighted by atomic mass is 19.4. The average molecular weight is 426 g/mol. The summed E-state index contributed by atoms with van der Waals surface area (Å²) in [4.78, 5) is 30.7. The Morgan fingerprint density at radius 1 is 1.03 bits per heavy atom. The first-order valence-electron chi connectivity index (χ1n) is 9.79. The van der Waals surface area contributed by atoms with Gasteiger partial charge in [0.2, 0.25) is 0 Å². The lowest BCUT2D eigenvalue weighted by Gasteiger charge is -2.47. The van der Waals surface area contributed by atoms with E-state index in [1.54, 1.807) is 4.90 Å². The molecule has 1 spiro atoms. The van der Waals surface area contributed by atoms with Gasteiger partial charge in [-0.15, -0.1) is 0 Å². The zero-order valence-corrected chi connectivity index (χ0v) is 17.2. The summed E-state index contributed by atoms with van der Waals surface area (Å²) in [6.07, 6.45) is -1.78. The molecule has 1 amide bonds. The maximum atomic E-state index is 12.6. The summed E-state index contributed by atoms with van der Waals surface area (Å²) in [5.74, 6) is -0.795. The molecule has 0 atom stereocenters. The molecule has 1 heterocycles. The minimum atomic E-state index is -4.46. The van der Waals surface area contributed by atoms with E-state index in [4.69, 9.17) is 9.57 Å². The van der Waals surface area contributed by atoms with E-state index in [9.17, 15) is 22.8 Å². The highest BCUT2D eigenvalue weighted by Gasteiger charge is 2.45. The van der Waals surface area contributed by atoms with Gasteiger partial charge in [-0.1, -0.05) is 5.16 Å². The van der Waals surface area contributed by atoms with Gasteiger partial charge in [0.1, 0.15) is 5.60 Å². The lowest BCUT2D eigenvalue weighted by atomic mass is 9.62. The number of piperidine rings is 1. The van der Waals surface area contributed by atoms with E-state index in [1.807, 2.05) is 20.8 Å². The van der Waals surface area contributed by atoms with Crippen LogP contribution in [0.5, 0.6) is 0 Å². The van der Waals surface area contributed by atoms with Gasteiger partial charge in [0.25, 0.3) is 0 Å². The summed E-state index contributed by atoms with van der Waals surface area (Å²) in [6.45, 7) is 6.70. The molecule has 1 aromatic rings. The van der Waals surface area contributed by atoms with Crippen molar-refractivity contribution in [3.63, 3.8) is 0 Å². The first-order chi connectivity index (χ1) is 13.9. The third-order valence-electron chi connectivity index (χ3n) is 5.34. The van der Waals surface area contributed by atoms with Crippen LogP contribution in [0.3, 0.4) is 0 Å². The van der Waals surface area contributed by atoms with Crippen molar-refractivity contribution in [2.45, 2.75) is 58.2 Å². The number of halogens is 3. The minimum Gasteiger partial charge on any atom is -0.444 e. The molecule has 2 aliphatic rings. The van der Waals surface area contributed by atoms with Crippen molar-refractivity contribution in [3.05, 3.63) is 35.4 Å². The van der Waals surface area contributed by atoms with Gasteiger partial charge in [-0.2, -0.15) is 13.2 Å². The van der Waals surface area contributed by atoms with Crippen molar-refractivity contribution < 1.29 is 32.3 Å². The van der Waals surface area contributed by atoms with Crippen LogP contribution in [0, 0.1) is 5.41 Å². The molecule has 1 aliphatic carbocycles. The second kappa shape index (κ2) is 7.92. The van der Waals surface area contributed by atoms with Crippen LogP contribution in [0.2, 0.25) is 0 Å². The molecule has 2 fully saturated rings. The monoisotopic (exact) mass is 426 g/mol. The van der Waals surface area contributed by atoms with Gasteiger partial charge in [0.05, 0.1) is 16.8 Å². The molecule has 9 heteroatoms. The van der Waals surface area contributed by atoms with E-state index in [1.165, 1.54) is 0 Å². The lowest BCUT2D eigenvalue weighted by molar-refractivity contribution is -0.137. The van der Waals surface area contributed by atoms with E-state index < -0.39 is 23.3 Å². The zero-order valence-electron chi connectivity index (χ0n) is 17.2. The molecule has 1 aliphatic heterocycles. The lowest BCUT2D eigenvalue weighted by Crippen LogP contribution is -2.50. The van der Waals surface area contributed by atoms with Crippen molar-refractivity contribution in [3.8, 4) is 0 Å². The second-order valence-corrected chi connectivity index (χ2v) is 8.93. The number of nitrogens with zero attached hydrogens (tertiary/aromatic N) is 2. The SMILES string of the molecule is CC(C)(C)OC(=O)N1CCC2(CC1)CC(=NOC(=O)c1ccc(C(F)(F)F)cc1)C2. The number of alkyl halides is 3. The molecule has 30 heavy (non-hydrogen) atoms. The average Bonchev–Trinajstić information content (AvgIpc) is 2.62. The van der Waals surface area contributed by atoms with Crippen molar-refractivity contribution in [2.24, 2.45) is 10.6 Å². The fourth-order valence-corrected chi connectivity index (χ4v) is 3.68. The van der Waals surface area contributed by atoms with E-state index in [0.29, 0.717) is 25.9 Å². The normalized spacial score (nSPS) is 18.6. The van der Waals surface area contributed by atoms with Gasteiger partial charge in [-0.25, -0.2) is 9.59 Å². The molecule has 3 rings (SSSR count). The van der Waals surface area contributed by atoms with Crippen LogP contribution in [0.4, 0.5) is 18.0 Å². The molecule has 0 radical (unpaired) electrons. The first kappa shape index (κ1) is 22.1. The van der Waals surface area contributed by atoms with Gasteiger partial charge in [-0.05, 0) is 76.1 Å². The van der Waals surface area contributed by atoms with Gasteiger partial charge in [0, 0.05) is 13.1 Å². The van der Waals surface area contributed by atoms with Crippen LogP contribution in [0.25, 0.3) is 0 Å². The zero-order chi connectivity index (χ0) is 22.2. The Morgan fingerprint density at radius 2 is 1.60 bits per heavy atom. The number of ether oxygens (including phenoxy) is 1. The number of likely N-dealkylation sites (tertiary alicyclic amines) is 1. The topological polar surface area (TPSA) is 68.2 Å². The Labute approximate surface area is 173 Å². The van der Waals surface area contributed by atoms with Crippen molar-refractivity contribution in [2.75, 3.05) is 13.1 Å². The number of carbonyl (C=O) groups excluding carboxylic acids is 2. The fraction of sp³-hybridized carbons (Fsp3) is 0.571. The molecule has 1 saturated carbocycles.